The molecule has 0 bridgehead atoms. The van der Waals surface area contributed by atoms with Gasteiger partial charge >= 0.3 is 0 Å². The summed E-state index contributed by atoms with van der Waals surface area (Å²) in [6.07, 6.45) is 6.91. The van der Waals surface area contributed by atoms with Gasteiger partial charge in [-0.15, -0.1) is 0 Å². The van der Waals surface area contributed by atoms with Crippen molar-refractivity contribution < 1.29 is 9.90 Å². The summed E-state index contributed by atoms with van der Waals surface area (Å²) in [5, 5.41) is 9.26. The predicted octanol–water partition coefficient (Wildman–Crippen LogP) is 3.00. The van der Waals surface area contributed by atoms with Crippen LogP contribution < -0.4 is 0 Å². The molecular weight excluding hydrogens is 362 g/mol. The maximum absolute atomic E-state index is 13.5. The van der Waals surface area contributed by atoms with Gasteiger partial charge in [0.1, 0.15) is 5.69 Å². The molecule has 1 N–H and O–H groups in total. The molecule has 1 aromatic heterocycles. The number of benzene rings is 1. The number of hydrogen-bond donors (Lipinski definition) is 1. The van der Waals surface area contributed by atoms with Crippen LogP contribution in [-0.2, 0) is 6.42 Å². The van der Waals surface area contributed by atoms with Crippen molar-refractivity contribution in [3.8, 4) is 0 Å². The molecule has 29 heavy (non-hydrogen) atoms. The quantitative estimate of drug-likeness (QED) is 0.749. The van der Waals surface area contributed by atoms with E-state index >= 15 is 0 Å². The zero-order valence-corrected chi connectivity index (χ0v) is 17.0. The van der Waals surface area contributed by atoms with Gasteiger partial charge in [0.2, 0.25) is 0 Å². The molecule has 2 fully saturated rings. The van der Waals surface area contributed by atoms with Crippen molar-refractivity contribution in [1.82, 2.24) is 14.8 Å². The Morgan fingerprint density at radius 3 is 2.41 bits per heavy atom. The van der Waals surface area contributed by atoms with E-state index in [0.29, 0.717) is 17.7 Å². The van der Waals surface area contributed by atoms with Crippen molar-refractivity contribution >= 4 is 5.91 Å². The average molecular weight is 394 g/mol. The molecule has 1 saturated carbocycles. The van der Waals surface area contributed by atoms with E-state index in [1.807, 2.05) is 24.3 Å². The summed E-state index contributed by atoms with van der Waals surface area (Å²) in [4.78, 5) is 22.3. The number of likely N-dealkylation sites (tertiary alicyclic amines) is 1. The minimum Gasteiger partial charge on any atom is -0.395 e. The topological polar surface area (TPSA) is 56.7 Å². The third-order valence-corrected chi connectivity index (χ3v) is 6.30. The average Bonchev–Trinajstić information content (AvgIpc) is 3.60. The van der Waals surface area contributed by atoms with Crippen molar-refractivity contribution in [3.63, 3.8) is 0 Å². The molecule has 0 unspecified atom stereocenters. The van der Waals surface area contributed by atoms with Crippen LogP contribution in [0.1, 0.15) is 41.7 Å². The van der Waals surface area contributed by atoms with Gasteiger partial charge in [-0.3, -0.25) is 9.78 Å². The molecule has 4 rings (SSSR count). The number of amides is 1. The lowest BCUT2D eigenvalue weighted by Gasteiger charge is -2.41. The smallest absolute Gasteiger partial charge is 0.272 e. The molecule has 1 aliphatic heterocycles. The highest BCUT2D eigenvalue weighted by molar-refractivity contribution is 5.93. The van der Waals surface area contributed by atoms with E-state index in [4.69, 9.17) is 0 Å². The second-order valence-electron chi connectivity index (χ2n) is 8.32. The molecule has 1 atom stereocenters. The Balaban J connectivity index is 1.58. The SMILES string of the molecule is O=C(c1ccccn1)N(C1CC1)[C@H](Cc1ccccc1)C1CCN(CCO)CC1. The van der Waals surface area contributed by atoms with E-state index in [1.165, 1.54) is 5.56 Å². The van der Waals surface area contributed by atoms with Crippen LogP contribution in [-0.4, -0.2) is 64.1 Å². The number of aromatic nitrogens is 1. The fourth-order valence-electron chi connectivity index (χ4n) is 4.61. The van der Waals surface area contributed by atoms with E-state index in [0.717, 1.165) is 51.7 Å². The Bertz CT molecular complexity index is 771. The van der Waals surface area contributed by atoms with E-state index in [-0.39, 0.29) is 18.6 Å². The fraction of sp³-hybridized carbons (Fsp3) is 0.500. The molecule has 0 spiro atoms. The van der Waals surface area contributed by atoms with E-state index in [9.17, 15) is 9.90 Å². The van der Waals surface area contributed by atoms with Gasteiger partial charge in [-0.1, -0.05) is 36.4 Å². The van der Waals surface area contributed by atoms with Crippen molar-refractivity contribution in [2.45, 2.75) is 44.2 Å². The predicted molar refractivity (Wildman–Crippen MR) is 114 cm³/mol. The molecule has 1 saturated heterocycles. The van der Waals surface area contributed by atoms with E-state index in [1.54, 1.807) is 6.20 Å². The van der Waals surface area contributed by atoms with Crippen LogP contribution in [0, 0.1) is 5.92 Å². The zero-order chi connectivity index (χ0) is 20.1. The van der Waals surface area contributed by atoms with Crippen LogP contribution in [0.2, 0.25) is 0 Å². The van der Waals surface area contributed by atoms with Crippen molar-refractivity contribution in [3.05, 3.63) is 66.0 Å². The van der Waals surface area contributed by atoms with Gasteiger partial charge in [0.05, 0.1) is 6.61 Å². The number of aliphatic hydroxyl groups is 1. The number of β-amino-alcohol motifs (C(OH)–C–C–N with tert-alkyl or cyclic N) is 1. The first-order chi connectivity index (χ1) is 14.3. The van der Waals surface area contributed by atoms with Gasteiger partial charge in [-0.25, -0.2) is 0 Å². The Labute approximate surface area is 173 Å². The molecule has 2 aromatic rings. The second kappa shape index (κ2) is 9.51. The van der Waals surface area contributed by atoms with Crippen LogP contribution in [0.25, 0.3) is 0 Å². The molecule has 5 heteroatoms. The summed E-state index contributed by atoms with van der Waals surface area (Å²) in [7, 11) is 0. The summed E-state index contributed by atoms with van der Waals surface area (Å²) in [6, 6.07) is 16.7. The molecule has 1 aliphatic carbocycles. The summed E-state index contributed by atoms with van der Waals surface area (Å²) < 4.78 is 0. The van der Waals surface area contributed by atoms with Crippen LogP contribution in [0.3, 0.4) is 0 Å². The van der Waals surface area contributed by atoms with Gasteiger partial charge < -0.3 is 14.9 Å². The van der Waals surface area contributed by atoms with Crippen LogP contribution in [0.4, 0.5) is 0 Å². The number of rotatable bonds is 8. The Kier molecular flexibility index (Phi) is 6.57. The molecule has 1 amide bonds. The lowest BCUT2D eigenvalue weighted by atomic mass is 9.84. The Morgan fingerprint density at radius 2 is 1.79 bits per heavy atom. The lowest BCUT2D eigenvalue weighted by molar-refractivity contribution is 0.0469. The first kappa shape index (κ1) is 20.0. The number of pyridine rings is 1. The standard InChI is InChI=1S/C24H31N3O2/c28-17-16-26-14-11-20(12-15-26)23(18-19-6-2-1-3-7-19)27(21-9-10-21)24(29)22-8-4-5-13-25-22/h1-8,13,20-21,23,28H,9-12,14-18H2/t23-/m1/s1. The largest absolute Gasteiger partial charge is 0.395 e. The number of piperidine rings is 1. The first-order valence-corrected chi connectivity index (χ1v) is 10.9. The second-order valence-corrected chi connectivity index (χ2v) is 8.32. The highest BCUT2D eigenvalue weighted by Gasteiger charge is 2.41. The molecule has 5 nitrogen and oxygen atoms in total. The maximum atomic E-state index is 13.5. The third-order valence-electron chi connectivity index (χ3n) is 6.30. The number of nitrogens with zero attached hydrogens (tertiary/aromatic N) is 3. The lowest BCUT2D eigenvalue weighted by Crippen LogP contribution is -2.50. The third kappa shape index (κ3) is 5.03. The molecule has 2 aliphatic rings. The van der Waals surface area contributed by atoms with Gasteiger partial charge in [-0.2, -0.15) is 0 Å². The van der Waals surface area contributed by atoms with Gasteiger partial charge in [0.25, 0.3) is 5.91 Å². The van der Waals surface area contributed by atoms with Gasteiger partial charge in [0, 0.05) is 24.8 Å². The Morgan fingerprint density at radius 1 is 1.07 bits per heavy atom. The minimum absolute atomic E-state index is 0.0758. The maximum Gasteiger partial charge on any atom is 0.272 e. The van der Waals surface area contributed by atoms with Crippen molar-refractivity contribution in [2.75, 3.05) is 26.2 Å². The first-order valence-electron chi connectivity index (χ1n) is 10.9. The fourth-order valence-corrected chi connectivity index (χ4v) is 4.61. The molecule has 154 valence electrons. The van der Waals surface area contributed by atoms with Crippen LogP contribution >= 0.6 is 0 Å². The van der Waals surface area contributed by atoms with Crippen LogP contribution in [0.5, 0.6) is 0 Å². The number of aliphatic hydroxyl groups excluding tert-OH is 1. The summed E-state index contributed by atoms with van der Waals surface area (Å²) in [5.74, 6) is 0.547. The van der Waals surface area contributed by atoms with E-state index < -0.39 is 0 Å². The number of hydrogen-bond acceptors (Lipinski definition) is 4. The van der Waals surface area contributed by atoms with Crippen LogP contribution in [0.15, 0.2) is 54.7 Å². The summed E-state index contributed by atoms with van der Waals surface area (Å²) in [5.41, 5.74) is 1.84. The monoisotopic (exact) mass is 393 g/mol. The minimum atomic E-state index is 0.0758. The van der Waals surface area contributed by atoms with Crippen molar-refractivity contribution in [1.29, 1.82) is 0 Å². The Hall–Kier alpha value is -2.24. The van der Waals surface area contributed by atoms with Crippen molar-refractivity contribution in [2.24, 2.45) is 5.92 Å². The molecule has 2 heterocycles. The highest BCUT2D eigenvalue weighted by atomic mass is 16.3. The zero-order valence-electron chi connectivity index (χ0n) is 17.0. The summed E-state index contributed by atoms with van der Waals surface area (Å²) >= 11 is 0. The highest BCUT2D eigenvalue weighted by Crippen LogP contribution is 2.36. The molecular formula is C24H31N3O2. The number of carbonyl (C=O) groups is 1. The normalized spacial score (nSPS) is 19.1. The summed E-state index contributed by atoms with van der Waals surface area (Å²) in [6.45, 7) is 2.94. The van der Waals surface area contributed by atoms with Gasteiger partial charge in [0.15, 0.2) is 0 Å². The molecule has 1 aromatic carbocycles. The molecule has 0 radical (unpaired) electrons. The van der Waals surface area contributed by atoms with E-state index in [2.05, 4.69) is 39.0 Å². The number of carbonyl (C=O) groups excluding carboxylic acids is 1. The van der Waals surface area contributed by atoms with Gasteiger partial charge in [-0.05, 0) is 68.8 Å².